The molecule has 2 rings (SSSR count). The van der Waals surface area contributed by atoms with Crippen molar-refractivity contribution in [2.75, 3.05) is 5.32 Å². The molecule has 0 aliphatic rings. The highest BCUT2D eigenvalue weighted by Crippen LogP contribution is 2.27. The van der Waals surface area contributed by atoms with Crippen LogP contribution in [0.2, 0.25) is 5.02 Å². The average Bonchev–Trinajstić information content (AvgIpc) is 2.34. The van der Waals surface area contributed by atoms with E-state index in [0.29, 0.717) is 16.3 Å². The summed E-state index contributed by atoms with van der Waals surface area (Å²) in [5.41, 5.74) is 3.34. The lowest BCUT2D eigenvalue weighted by molar-refractivity contribution is 0.102. The van der Waals surface area contributed by atoms with Crippen LogP contribution in [0.5, 0.6) is 0 Å². The van der Waals surface area contributed by atoms with E-state index in [1.807, 2.05) is 44.2 Å². The summed E-state index contributed by atoms with van der Waals surface area (Å²) >= 11 is 6.15. The predicted octanol–water partition coefficient (Wildman–Crippen LogP) is 4.21. The maximum atomic E-state index is 12.0. The highest BCUT2D eigenvalue weighted by molar-refractivity contribution is 6.34. The molecule has 18 heavy (non-hydrogen) atoms. The highest BCUT2D eigenvalue weighted by atomic mass is 35.5. The molecule has 0 aliphatic carbocycles. The lowest BCUT2D eigenvalue weighted by Gasteiger charge is -2.11. The highest BCUT2D eigenvalue weighted by Gasteiger charge is 2.10. The molecule has 0 saturated heterocycles. The van der Waals surface area contributed by atoms with Crippen molar-refractivity contribution in [3.63, 3.8) is 0 Å². The van der Waals surface area contributed by atoms with Gasteiger partial charge in [-0.15, -0.1) is 0 Å². The zero-order valence-electron chi connectivity index (χ0n) is 10.3. The number of aryl methyl sites for hydroxylation is 2. The van der Waals surface area contributed by atoms with Crippen molar-refractivity contribution in [2.45, 2.75) is 13.8 Å². The van der Waals surface area contributed by atoms with Crippen LogP contribution >= 0.6 is 11.6 Å². The smallest absolute Gasteiger partial charge is 0.255 e. The van der Waals surface area contributed by atoms with Crippen LogP contribution in [0.25, 0.3) is 0 Å². The standard InChI is InChI=1S/C15H14ClNO/c1-10-8-11(2)14(13(16)9-10)17-15(18)12-6-4-3-5-7-12/h3-9H,1-2H3,(H,17,18). The van der Waals surface area contributed by atoms with E-state index in [1.54, 1.807) is 12.1 Å². The third-order valence-electron chi connectivity index (χ3n) is 2.71. The Labute approximate surface area is 112 Å². The van der Waals surface area contributed by atoms with Gasteiger partial charge in [-0.2, -0.15) is 0 Å². The Morgan fingerprint density at radius 2 is 1.78 bits per heavy atom. The quantitative estimate of drug-likeness (QED) is 0.860. The van der Waals surface area contributed by atoms with Gasteiger partial charge < -0.3 is 5.32 Å². The molecule has 0 bridgehead atoms. The maximum Gasteiger partial charge on any atom is 0.255 e. The fraction of sp³-hybridized carbons (Fsp3) is 0.133. The second-order valence-electron chi connectivity index (χ2n) is 4.26. The van der Waals surface area contributed by atoms with Gasteiger partial charge in [0.05, 0.1) is 10.7 Å². The molecule has 2 nitrogen and oxygen atoms in total. The van der Waals surface area contributed by atoms with Crippen LogP contribution in [0.15, 0.2) is 42.5 Å². The number of halogens is 1. The molecular formula is C15H14ClNO. The zero-order valence-corrected chi connectivity index (χ0v) is 11.1. The topological polar surface area (TPSA) is 29.1 Å². The summed E-state index contributed by atoms with van der Waals surface area (Å²) in [4.78, 5) is 12.0. The predicted molar refractivity (Wildman–Crippen MR) is 75.3 cm³/mol. The first kappa shape index (κ1) is 12.7. The second-order valence-corrected chi connectivity index (χ2v) is 4.67. The molecule has 0 radical (unpaired) electrons. The van der Waals surface area contributed by atoms with Crippen LogP contribution in [-0.2, 0) is 0 Å². The molecule has 92 valence electrons. The molecule has 0 aromatic heterocycles. The molecule has 0 saturated carbocycles. The van der Waals surface area contributed by atoms with Gasteiger partial charge in [-0.1, -0.05) is 35.9 Å². The fourth-order valence-electron chi connectivity index (χ4n) is 1.85. The number of hydrogen-bond donors (Lipinski definition) is 1. The minimum Gasteiger partial charge on any atom is -0.320 e. The Bertz CT molecular complexity index is 555. The Morgan fingerprint density at radius 1 is 1.11 bits per heavy atom. The Hall–Kier alpha value is -1.80. The van der Waals surface area contributed by atoms with Crippen molar-refractivity contribution in [2.24, 2.45) is 0 Å². The van der Waals surface area contributed by atoms with Crippen LogP contribution in [0, 0.1) is 13.8 Å². The van der Waals surface area contributed by atoms with Gasteiger partial charge in [0.15, 0.2) is 0 Å². The number of carbonyl (C=O) groups excluding carboxylic acids is 1. The van der Waals surface area contributed by atoms with Gasteiger partial charge in [0.2, 0.25) is 0 Å². The normalized spacial score (nSPS) is 10.2. The monoisotopic (exact) mass is 259 g/mol. The van der Waals surface area contributed by atoms with Gasteiger partial charge in [-0.05, 0) is 43.2 Å². The first-order valence-electron chi connectivity index (χ1n) is 5.71. The van der Waals surface area contributed by atoms with E-state index in [-0.39, 0.29) is 5.91 Å². The Kier molecular flexibility index (Phi) is 3.68. The first-order valence-corrected chi connectivity index (χ1v) is 6.09. The van der Waals surface area contributed by atoms with Gasteiger partial charge in [-0.3, -0.25) is 4.79 Å². The first-order chi connectivity index (χ1) is 8.58. The molecule has 2 aromatic carbocycles. The van der Waals surface area contributed by atoms with Crippen molar-refractivity contribution in [3.8, 4) is 0 Å². The van der Waals surface area contributed by atoms with E-state index in [9.17, 15) is 4.79 Å². The summed E-state index contributed by atoms with van der Waals surface area (Å²) in [5, 5.41) is 3.42. The second kappa shape index (κ2) is 5.23. The molecular weight excluding hydrogens is 246 g/mol. The Balaban J connectivity index is 2.28. The van der Waals surface area contributed by atoms with Crippen molar-refractivity contribution in [1.29, 1.82) is 0 Å². The van der Waals surface area contributed by atoms with Gasteiger partial charge in [0.1, 0.15) is 0 Å². The average molecular weight is 260 g/mol. The molecule has 3 heteroatoms. The van der Waals surface area contributed by atoms with E-state index in [4.69, 9.17) is 11.6 Å². The third kappa shape index (κ3) is 2.71. The molecule has 0 spiro atoms. The molecule has 0 atom stereocenters. The molecule has 2 aromatic rings. The zero-order chi connectivity index (χ0) is 13.1. The van der Waals surface area contributed by atoms with E-state index in [2.05, 4.69) is 5.32 Å². The van der Waals surface area contributed by atoms with Gasteiger partial charge in [-0.25, -0.2) is 0 Å². The summed E-state index contributed by atoms with van der Waals surface area (Å²) in [6.45, 7) is 3.90. The van der Waals surface area contributed by atoms with Crippen molar-refractivity contribution < 1.29 is 4.79 Å². The van der Waals surface area contributed by atoms with Crippen LogP contribution < -0.4 is 5.32 Å². The molecule has 0 aliphatic heterocycles. The largest absolute Gasteiger partial charge is 0.320 e. The number of benzene rings is 2. The van der Waals surface area contributed by atoms with Gasteiger partial charge in [0, 0.05) is 5.56 Å². The SMILES string of the molecule is Cc1cc(C)c(NC(=O)c2ccccc2)c(Cl)c1. The number of rotatable bonds is 2. The number of anilines is 1. The lowest BCUT2D eigenvalue weighted by atomic mass is 10.1. The number of hydrogen-bond acceptors (Lipinski definition) is 1. The van der Waals surface area contributed by atoms with Crippen LogP contribution in [0.3, 0.4) is 0 Å². The van der Waals surface area contributed by atoms with E-state index < -0.39 is 0 Å². The van der Waals surface area contributed by atoms with Crippen molar-refractivity contribution >= 4 is 23.2 Å². The Morgan fingerprint density at radius 3 is 2.39 bits per heavy atom. The summed E-state index contributed by atoms with van der Waals surface area (Å²) < 4.78 is 0. The third-order valence-corrected chi connectivity index (χ3v) is 3.00. The molecule has 0 heterocycles. The summed E-state index contributed by atoms with van der Waals surface area (Å²) in [6.07, 6.45) is 0. The summed E-state index contributed by atoms with van der Waals surface area (Å²) in [6, 6.07) is 12.9. The van der Waals surface area contributed by atoms with E-state index >= 15 is 0 Å². The molecule has 1 N–H and O–H groups in total. The van der Waals surface area contributed by atoms with E-state index in [1.165, 1.54) is 0 Å². The summed E-state index contributed by atoms with van der Waals surface area (Å²) in [7, 11) is 0. The van der Waals surface area contributed by atoms with E-state index in [0.717, 1.165) is 11.1 Å². The minimum absolute atomic E-state index is 0.149. The molecule has 0 unspecified atom stereocenters. The van der Waals surface area contributed by atoms with Crippen LogP contribution in [0.1, 0.15) is 21.5 Å². The fourth-order valence-corrected chi connectivity index (χ4v) is 2.22. The van der Waals surface area contributed by atoms with Gasteiger partial charge in [0.25, 0.3) is 5.91 Å². The van der Waals surface area contributed by atoms with Crippen LogP contribution in [-0.4, -0.2) is 5.91 Å². The van der Waals surface area contributed by atoms with Crippen LogP contribution in [0.4, 0.5) is 5.69 Å². The number of nitrogens with one attached hydrogen (secondary N) is 1. The van der Waals surface area contributed by atoms with Crippen molar-refractivity contribution in [3.05, 3.63) is 64.2 Å². The van der Waals surface area contributed by atoms with Gasteiger partial charge >= 0.3 is 0 Å². The maximum absolute atomic E-state index is 12.0. The number of amides is 1. The summed E-state index contributed by atoms with van der Waals surface area (Å²) in [5.74, 6) is -0.149. The molecule has 0 fully saturated rings. The lowest BCUT2D eigenvalue weighted by Crippen LogP contribution is -2.13. The minimum atomic E-state index is -0.149. The van der Waals surface area contributed by atoms with Crippen molar-refractivity contribution in [1.82, 2.24) is 0 Å². The molecule has 1 amide bonds. The number of carbonyl (C=O) groups is 1.